The fraction of sp³-hybridized carbons (Fsp3) is 0.385. The molecule has 0 aliphatic carbocycles. The van der Waals surface area contributed by atoms with Crippen molar-refractivity contribution in [2.45, 2.75) is 34.6 Å². The molecule has 0 amide bonds. The first kappa shape index (κ1) is 15.6. The van der Waals surface area contributed by atoms with Crippen LogP contribution in [0.5, 0.6) is 0 Å². The second-order valence-corrected chi connectivity index (χ2v) is 10.4. The fourth-order valence-electron chi connectivity index (χ4n) is 1.98. The molecular formula is C13H24O2Si3. The SMILES string of the molecule is CC([SiH2]O[SiH2]O[SiH3])=C(C)c1ccc(C)c(C)c1C. The van der Waals surface area contributed by atoms with E-state index in [0.29, 0.717) is 0 Å². The summed E-state index contributed by atoms with van der Waals surface area (Å²) in [6.07, 6.45) is 0. The zero-order chi connectivity index (χ0) is 13.7. The maximum atomic E-state index is 5.71. The van der Waals surface area contributed by atoms with Gasteiger partial charge in [0.2, 0.25) is 0 Å². The van der Waals surface area contributed by atoms with Gasteiger partial charge in [0, 0.05) is 0 Å². The average molecular weight is 297 g/mol. The summed E-state index contributed by atoms with van der Waals surface area (Å²) in [6.45, 7) is 11.0. The van der Waals surface area contributed by atoms with Gasteiger partial charge >= 0.3 is 0 Å². The van der Waals surface area contributed by atoms with Gasteiger partial charge in [-0.25, -0.2) is 0 Å². The lowest BCUT2D eigenvalue weighted by atomic mass is 9.94. The van der Waals surface area contributed by atoms with Gasteiger partial charge in [-0.15, -0.1) is 0 Å². The van der Waals surface area contributed by atoms with Crippen molar-refractivity contribution in [3.63, 3.8) is 0 Å². The van der Waals surface area contributed by atoms with E-state index < -0.39 is 19.8 Å². The van der Waals surface area contributed by atoms with Crippen LogP contribution in [0.3, 0.4) is 0 Å². The summed E-state index contributed by atoms with van der Waals surface area (Å²) in [4.78, 5) is 0. The smallest absolute Gasteiger partial charge is 0.283 e. The third-order valence-corrected chi connectivity index (χ3v) is 7.01. The van der Waals surface area contributed by atoms with Crippen LogP contribution < -0.4 is 0 Å². The van der Waals surface area contributed by atoms with E-state index in [0.717, 1.165) is 10.5 Å². The highest BCUT2D eigenvalue weighted by Crippen LogP contribution is 2.25. The lowest BCUT2D eigenvalue weighted by Gasteiger charge is -2.14. The predicted octanol–water partition coefficient (Wildman–Crippen LogP) is 0.759. The Morgan fingerprint density at radius 2 is 1.78 bits per heavy atom. The Morgan fingerprint density at radius 3 is 2.39 bits per heavy atom. The molecule has 0 N–H and O–H groups in total. The fourth-order valence-corrected chi connectivity index (χ4v) is 6.11. The molecule has 0 unspecified atom stereocenters. The van der Waals surface area contributed by atoms with Crippen LogP contribution in [0.25, 0.3) is 5.57 Å². The molecule has 1 aromatic rings. The minimum absolute atomic E-state index is 0.566. The van der Waals surface area contributed by atoms with Gasteiger partial charge in [-0.1, -0.05) is 17.3 Å². The van der Waals surface area contributed by atoms with Crippen LogP contribution in [0.4, 0.5) is 0 Å². The Morgan fingerprint density at radius 1 is 1.11 bits per heavy atom. The number of hydrogen-bond donors (Lipinski definition) is 0. The molecule has 0 saturated carbocycles. The normalized spacial score (nSPS) is 14.1. The lowest BCUT2D eigenvalue weighted by molar-refractivity contribution is 0.506. The van der Waals surface area contributed by atoms with E-state index in [-0.39, 0.29) is 0 Å². The third-order valence-electron chi connectivity index (χ3n) is 3.62. The molecule has 0 aliphatic rings. The zero-order valence-corrected chi connectivity index (χ0v) is 17.2. The number of aryl methyl sites for hydroxylation is 1. The maximum absolute atomic E-state index is 5.71. The predicted molar refractivity (Wildman–Crippen MR) is 88.1 cm³/mol. The molecule has 5 heteroatoms. The average Bonchev–Trinajstić information content (AvgIpc) is 2.35. The van der Waals surface area contributed by atoms with Crippen LogP contribution in [-0.2, 0) is 8.23 Å². The molecule has 1 aromatic carbocycles. The van der Waals surface area contributed by atoms with E-state index in [1.165, 1.54) is 33.0 Å². The summed E-state index contributed by atoms with van der Waals surface area (Å²) in [6, 6.07) is 4.46. The summed E-state index contributed by atoms with van der Waals surface area (Å²) in [5.41, 5.74) is 6.94. The molecule has 0 fully saturated rings. The topological polar surface area (TPSA) is 18.5 Å². The van der Waals surface area contributed by atoms with Gasteiger partial charge in [0.1, 0.15) is 10.5 Å². The van der Waals surface area contributed by atoms with Crippen molar-refractivity contribution < 1.29 is 8.23 Å². The highest BCUT2D eigenvalue weighted by atomic mass is 28.3. The van der Waals surface area contributed by atoms with Crippen LogP contribution in [-0.4, -0.2) is 30.3 Å². The number of benzene rings is 1. The molecule has 0 saturated heterocycles. The van der Waals surface area contributed by atoms with E-state index in [4.69, 9.17) is 8.23 Å². The molecule has 2 nitrogen and oxygen atoms in total. The summed E-state index contributed by atoms with van der Waals surface area (Å²) in [5, 5.41) is 1.44. The molecule has 1 rings (SSSR count). The van der Waals surface area contributed by atoms with Crippen LogP contribution in [0, 0.1) is 20.8 Å². The maximum Gasteiger partial charge on any atom is 0.283 e. The van der Waals surface area contributed by atoms with Gasteiger partial charge in [-0.2, -0.15) is 0 Å². The molecule has 0 spiro atoms. The van der Waals surface area contributed by atoms with Gasteiger partial charge in [0.05, 0.1) is 0 Å². The van der Waals surface area contributed by atoms with Crippen molar-refractivity contribution in [2.75, 3.05) is 0 Å². The number of rotatable bonds is 5. The second kappa shape index (κ2) is 7.20. The van der Waals surface area contributed by atoms with Crippen LogP contribution in [0.2, 0.25) is 0 Å². The summed E-state index contributed by atoms with van der Waals surface area (Å²) in [7, 11) is -0.423. The van der Waals surface area contributed by atoms with Crippen molar-refractivity contribution in [2.24, 2.45) is 0 Å². The zero-order valence-electron chi connectivity index (χ0n) is 12.4. The van der Waals surface area contributed by atoms with Crippen molar-refractivity contribution in [3.8, 4) is 0 Å². The number of allylic oxidation sites excluding steroid dienone is 2. The quantitative estimate of drug-likeness (QED) is 0.590. The highest BCUT2D eigenvalue weighted by molar-refractivity contribution is 6.48. The Kier molecular flexibility index (Phi) is 6.24. The number of hydrogen-bond acceptors (Lipinski definition) is 2. The van der Waals surface area contributed by atoms with Crippen molar-refractivity contribution in [1.82, 2.24) is 0 Å². The molecule has 0 radical (unpaired) electrons. The van der Waals surface area contributed by atoms with Gasteiger partial charge in [0.25, 0.3) is 10.0 Å². The third kappa shape index (κ3) is 3.76. The van der Waals surface area contributed by atoms with E-state index in [2.05, 4.69) is 46.8 Å². The minimum atomic E-state index is -0.668. The Labute approximate surface area is 118 Å². The van der Waals surface area contributed by atoms with Crippen molar-refractivity contribution >= 4 is 35.8 Å². The molecule has 100 valence electrons. The first-order valence-electron chi connectivity index (χ1n) is 6.29. The Balaban J connectivity index is 2.99. The van der Waals surface area contributed by atoms with E-state index in [1.807, 2.05) is 0 Å². The second-order valence-electron chi connectivity index (χ2n) is 4.84. The van der Waals surface area contributed by atoms with Crippen molar-refractivity contribution in [3.05, 3.63) is 39.6 Å². The van der Waals surface area contributed by atoms with Crippen molar-refractivity contribution in [1.29, 1.82) is 0 Å². The minimum Gasteiger partial charge on any atom is -0.449 e. The van der Waals surface area contributed by atoms with Gasteiger partial charge in [-0.05, 0) is 62.4 Å². The van der Waals surface area contributed by atoms with Crippen LogP contribution >= 0.6 is 0 Å². The standard InChI is InChI=1S/C13H24O2Si3/c1-8-6-7-13(10(3)9(8)2)11(4)12(5)17-15-18-14-16/h6-7H,17-18H2,1-5,16H3. The molecule has 0 bridgehead atoms. The molecule has 0 aliphatic heterocycles. The van der Waals surface area contributed by atoms with Crippen LogP contribution in [0.15, 0.2) is 17.3 Å². The first-order valence-corrected chi connectivity index (χ1v) is 9.54. The Hall–Kier alpha value is -0.469. The van der Waals surface area contributed by atoms with E-state index >= 15 is 0 Å². The lowest BCUT2D eigenvalue weighted by Crippen LogP contribution is -2.09. The summed E-state index contributed by atoms with van der Waals surface area (Å²) in [5.74, 6) is 0. The summed E-state index contributed by atoms with van der Waals surface area (Å²) >= 11 is 0. The van der Waals surface area contributed by atoms with Gasteiger partial charge in [-0.3, -0.25) is 0 Å². The molecule has 0 heterocycles. The highest BCUT2D eigenvalue weighted by Gasteiger charge is 2.08. The Bertz CT molecular complexity index is 456. The summed E-state index contributed by atoms with van der Waals surface area (Å²) < 4.78 is 10.9. The van der Waals surface area contributed by atoms with E-state index in [9.17, 15) is 0 Å². The largest absolute Gasteiger partial charge is 0.449 e. The molecule has 0 aromatic heterocycles. The molecule has 18 heavy (non-hydrogen) atoms. The monoisotopic (exact) mass is 296 g/mol. The van der Waals surface area contributed by atoms with Gasteiger partial charge < -0.3 is 8.23 Å². The van der Waals surface area contributed by atoms with Gasteiger partial charge in [0.15, 0.2) is 9.76 Å². The molecular weight excluding hydrogens is 272 g/mol. The molecule has 0 atom stereocenters. The van der Waals surface area contributed by atoms with E-state index in [1.54, 1.807) is 0 Å². The first-order chi connectivity index (χ1) is 8.49. The van der Waals surface area contributed by atoms with Crippen LogP contribution in [0.1, 0.15) is 36.1 Å².